The van der Waals surface area contributed by atoms with Crippen LogP contribution in [-0.4, -0.2) is 18.5 Å². The van der Waals surface area contributed by atoms with Crippen molar-refractivity contribution in [2.24, 2.45) is 0 Å². The highest BCUT2D eigenvalue weighted by atomic mass is 127. The Hall–Kier alpha value is -0.490. The summed E-state index contributed by atoms with van der Waals surface area (Å²) >= 11 is 7.82. The summed E-state index contributed by atoms with van der Waals surface area (Å²) in [6.45, 7) is 0.707. The summed E-state index contributed by atoms with van der Waals surface area (Å²) in [5, 5.41) is 5.63. The molecule has 0 aliphatic heterocycles. The highest BCUT2D eigenvalue weighted by Crippen LogP contribution is 2.10. The Labute approximate surface area is 127 Å². The van der Waals surface area contributed by atoms with E-state index in [1.165, 1.54) is 0 Å². The van der Waals surface area contributed by atoms with E-state index in [0.29, 0.717) is 6.54 Å². The third kappa shape index (κ3) is 7.06. The van der Waals surface area contributed by atoms with Gasteiger partial charge in [0.15, 0.2) is 0 Å². The quantitative estimate of drug-likeness (QED) is 0.415. The summed E-state index contributed by atoms with van der Waals surface area (Å²) in [6, 6.07) is 7.56. The first-order valence-electron chi connectivity index (χ1n) is 6.09. The van der Waals surface area contributed by atoms with Gasteiger partial charge in [-0.1, -0.05) is 12.8 Å². The number of urea groups is 1. The molecule has 100 valence electrons. The van der Waals surface area contributed by atoms with E-state index in [0.717, 1.165) is 40.8 Å². The summed E-state index contributed by atoms with van der Waals surface area (Å²) in [5.41, 5.74) is 0.815. The summed E-state index contributed by atoms with van der Waals surface area (Å²) in [6.07, 6.45) is 4.29. The molecule has 0 aliphatic carbocycles. The highest BCUT2D eigenvalue weighted by molar-refractivity contribution is 14.1. The lowest BCUT2D eigenvalue weighted by molar-refractivity contribution is 0.252. The van der Waals surface area contributed by atoms with Crippen molar-refractivity contribution in [1.29, 1.82) is 0 Å². The smallest absolute Gasteiger partial charge is 0.319 e. The predicted molar refractivity (Wildman–Crippen MR) is 85.4 cm³/mol. The number of halogens is 2. The molecule has 0 saturated carbocycles. The van der Waals surface area contributed by atoms with Crippen LogP contribution in [0.25, 0.3) is 0 Å². The molecule has 0 heterocycles. The molecule has 0 saturated heterocycles. The molecule has 18 heavy (non-hydrogen) atoms. The zero-order valence-corrected chi connectivity index (χ0v) is 13.1. The number of rotatable bonds is 7. The fraction of sp³-hybridized carbons (Fsp3) is 0.462. The summed E-state index contributed by atoms with van der Waals surface area (Å²) in [5.74, 6) is 0.723. The Morgan fingerprint density at radius 2 is 1.78 bits per heavy atom. The summed E-state index contributed by atoms with van der Waals surface area (Å²) in [7, 11) is 0. The number of hydrogen-bond acceptors (Lipinski definition) is 1. The molecule has 0 radical (unpaired) electrons. The number of carbonyl (C=O) groups is 1. The van der Waals surface area contributed by atoms with Gasteiger partial charge in [-0.25, -0.2) is 4.79 Å². The Morgan fingerprint density at radius 1 is 1.11 bits per heavy atom. The number of hydrogen-bond donors (Lipinski definition) is 2. The molecular weight excluding hydrogens is 363 g/mol. The number of carbonyl (C=O) groups excluding carboxylic acids is 1. The molecule has 1 aromatic carbocycles. The largest absolute Gasteiger partial charge is 0.338 e. The second-order valence-corrected chi connectivity index (χ2v) is 5.61. The molecule has 0 spiro atoms. The van der Waals surface area contributed by atoms with Crippen LogP contribution in [-0.2, 0) is 0 Å². The lowest BCUT2D eigenvalue weighted by Crippen LogP contribution is -2.29. The van der Waals surface area contributed by atoms with Crippen LogP contribution in [0.2, 0.25) is 0 Å². The minimum Gasteiger partial charge on any atom is -0.338 e. The van der Waals surface area contributed by atoms with Gasteiger partial charge in [0.1, 0.15) is 0 Å². The minimum absolute atomic E-state index is 0.145. The minimum atomic E-state index is -0.145. The number of benzene rings is 1. The van der Waals surface area contributed by atoms with Crippen molar-refractivity contribution in [3.05, 3.63) is 27.8 Å². The summed E-state index contributed by atoms with van der Waals surface area (Å²) in [4.78, 5) is 11.5. The number of anilines is 1. The Morgan fingerprint density at radius 3 is 2.44 bits per heavy atom. The fourth-order valence-corrected chi connectivity index (χ4v) is 2.03. The number of nitrogens with one attached hydrogen (secondary N) is 2. The molecule has 0 aliphatic rings. The molecule has 0 atom stereocenters. The van der Waals surface area contributed by atoms with E-state index in [2.05, 4.69) is 33.2 Å². The average Bonchev–Trinajstić information content (AvgIpc) is 2.36. The standard InChI is InChI=1S/C13H18ClIN2O/c14-9-3-1-2-4-10-16-13(18)17-12-7-5-11(15)6-8-12/h5-8H,1-4,9-10H2,(H2,16,17,18). The van der Waals surface area contributed by atoms with Gasteiger partial charge < -0.3 is 10.6 Å². The van der Waals surface area contributed by atoms with Crippen molar-refractivity contribution in [3.8, 4) is 0 Å². The van der Waals surface area contributed by atoms with Crippen molar-refractivity contribution in [2.75, 3.05) is 17.7 Å². The van der Waals surface area contributed by atoms with Crippen LogP contribution in [0.3, 0.4) is 0 Å². The monoisotopic (exact) mass is 380 g/mol. The Bertz CT molecular complexity index is 357. The van der Waals surface area contributed by atoms with Gasteiger partial charge in [0, 0.05) is 21.7 Å². The van der Waals surface area contributed by atoms with E-state index in [4.69, 9.17) is 11.6 Å². The molecule has 0 aromatic heterocycles. The van der Waals surface area contributed by atoms with Crippen LogP contribution in [0.4, 0.5) is 10.5 Å². The van der Waals surface area contributed by atoms with E-state index in [9.17, 15) is 4.79 Å². The molecule has 0 fully saturated rings. The molecule has 5 heteroatoms. The topological polar surface area (TPSA) is 41.1 Å². The van der Waals surface area contributed by atoms with Crippen molar-refractivity contribution >= 4 is 45.9 Å². The normalized spacial score (nSPS) is 10.1. The lowest BCUT2D eigenvalue weighted by Gasteiger charge is -2.07. The molecular formula is C13H18ClIN2O. The second kappa shape index (κ2) is 9.44. The molecule has 2 amide bonds. The van der Waals surface area contributed by atoms with Crippen LogP contribution in [0.5, 0.6) is 0 Å². The maximum atomic E-state index is 11.5. The van der Waals surface area contributed by atoms with Crippen LogP contribution in [0.15, 0.2) is 24.3 Å². The first-order chi connectivity index (χ1) is 8.72. The Balaban J connectivity index is 2.12. The fourth-order valence-electron chi connectivity index (χ4n) is 1.48. The molecule has 2 N–H and O–H groups in total. The van der Waals surface area contributed by atoms with Crippen LogP contribution >= 0.6 is 34.2 Å². The van der Waals surface area contributed by atoms with Crippen molar-refractivity contribution in [2.45, 2.75) is 25.7 Å². The lowest BCUT2D eigenvalue weighted by atomic mass is 10.2. The van der Waals surface area contributed by atoms with E-state index in [1.54, 1.807) is 0 Å². The third-order valence-electron chi connectivity index (χ3n) is 2.45. The van der Waals surface area contributed by atoms with Crippen LogP contribution < -0.4 is 10.6 Å². The van der Waals surface area contributed by atoms with Gasteiger partial charge in [0.2, 0.25) is 0 Å². The highest BCUT2D eigenvalue weighted by Gasteiger charge is 2.00. The summed E-state index contributed by atoms with van der Waals surface area (Å²) < 4.78 is 1.15. The first-order valence-corrected chi connectivity index (χ1v) is 7.70. The molecule has 0 bridgehead atoms. The van der Waals surface area contributed by atoms with Crippen molar-refractivity contribution < 1.29 is 4.79 Å². The van der Waals surface area contributed by atoms with Gasteiger partial charge in [-0.2, -0.15) is 0 Å². The zero-order chi connectivity index (χ0) is 13.2. The maximum Gasteiger partial charge on any atom is 0.319 e. The number of amides is 2. The van der Waals surface area contributed by atoms with Crippen LogP contribution in [0, 0.1) is 3.57 Å². The predicted octanol–water partition coefficient (Wildman–Crippen LogP) is 4.21. The van der Waals surface area contributed by atoms with Gasteiger partial charge in [-0.05, 0) is 59.7 Å². The average molecular weight is 381 g/mol. The zero-order valence-electron chi connectivity index (χ0n) is 10.2. The molecule has 3 nitrogen and oxygen atoms in total. The van der Waals surface area contributed by atoms with Crippen molar-refractivity contribution in [1.82, 2.24) is 5.32 Å². The SMILES string of the molecule is O=C(NCCCCCCCl)Nc1ccc(I)cc1. The Kier molecular flexibility index (Phi) is 8.17. The van der Waals surface area contributed by atoms with Crippen LogP contribution in [0.1, 0.15) is 25.7 Å². The van der Waals surface area contributed by atoms with Gasteiger partial charge >= 0.3 is 6.03 Å². The van der Waals surface area contributed by atoms with Gasteiger partial charge in [-0.3, -0.25) is 0 Å². The van der Waals surface area contributed by atoms with E-state index in [-0.39, 0.29) is 6.03 Å². The van der Waals surface area contributed by atoms with E-state index in [1.807, 2.05) is 24.3 Å². The van der Waals surface area contributed by atoms with Gasteiger partial charge in [0.05, 0.1) is 0 Å². The maximum absolute atomic E-state index is 11.5. The second-order valence-electron chi connectivity index (χ2n) is 3.99. The molecule has 0 unspecified atom stereocenters. The van der Waals surface area contributed by atoms with Crippen molar-refractivity contribution in [3.63, 3.8) is 0 Å². The van der Waals surface area contributed by atoms with E-state index < -0.39 is 0 Å². The van der Waals surface area contributed by atoms with Gasteiger partial charge in [-0.15, -0.1) is 11.6 Å². The molecule has 1 aromatic rings. The van der Waals surface area contributed by atoms with E-state index >= 15 is 0 Å². The molecule has 1 rings (SSSR count). The number of alkyl halides is 1. The third-order valence-corrected chi connectivity index (χ3v) is 3.43. The number of unbranched alkanes of at least 4 members (excludes halogenated alkanes) is 3. The van der Waals surface area contributed by atoms with Gasteiger partial charge in [0.25, 0.3) is 0 Å². The first kappa shape index (κ1) is 15.6.